The van der Waals surface area contributed by atoms with Crippen LogP contribution >= 0.6 is 34.7 Å². The Kier molecular flexibility index (Phi) is 10.8. The Labute approximate surface area is 297 Å². The van der Waals surface area contributed by atoms with E-state index in [9.17, 15) is 14.4 Å². The van der Waals surface area contributed by atoms with Crippen LogP contribution in [0.2, 0.25) is 5.02 Å². The highest BCUT2D eigenvalue weighted by atomic mass is 35.5. The zero-order chi connectivity index (χ0) is 34.2. The molecule has 1 heterocycles. The van der Waals surface area contributed by atoms with Crippen LogP contribution in [0.5, 0.6) is 0 Å². The quantitative estimate of drug-likeness (QED) is 0.0923. The predicted octanol–water partition coefficient (Wildman–Crippen LogP) is 9.54. The summed E-state index contributed by atoms with van der Waals surface area (Å²) in [5.74, 6) is -1.05. The molecule has 0 saturated heterocycles. The molecule has 6 rings (SSSR count). The Bertz CT molecular complexity index is 2140. The Morgan fingerprint density at radius 1 is 0.857 bits per heavy atom. The predicted molar refractivity (Wildman–Crippen MR) is 202 cm³/mol. The van der Waals surface area contributed by atoms with Crippen LogP contribution < -0.4 is 16.0 Å². The molecule has 244 valence electrons. The molecule has 0 fully saturated rings. The Hall–Kier alpha value is -5.22. The zero-order valence-corrected chi connectivity index (χ0v) is 28.7. The SMILES string of the molecule is CCC(Sc1cccc(NC(=O)/C(=C\c2cccc3ccccc23)NC(=O)c2ccccc2)c1)C(=O)Nc1nc(-c2ccc(Cl)cc2)cs1. The summed E-state index contributed by atoms with van der Waals surface area (Å²) < 4.78 is 0. The molecule has 5 aromatic carbocycles. The van der Waals surface area contributed by atoms with Gasteiger partial charge in [-0.25, -0.2) is 4.98 Å². The molecule has 3 N–H and O–H groups in total. The molecule has 3 amide bonds. The van der Waals surface area contributed by atoms with Gasteiger partial charge in [-0.2, -0.15) is 0 Å². The molecule has 0 aliphatic rings. The number of nitrogens with one attached hydrogen (secondary N) is 3. The van der Waals surface area contributed by atoms with Crippen molar-refractivity contribution in [2.45, 2.75) is 23.5 Å². The van der Waals surface area contributed by atoms with Gasteiger partial charge in [-0.05, 0) is 71.3 Å². The minimum absolute atomic E-state index is 0.0930. The third-order valence-electron chi connectivity index (χ3n) is 7.56. The topological polar surface area (TPSA) is 100 Å². The van der Waals surface area contributed by atoms with Crippen molar-refractivity contribution in [3.8, 4) is 11.3 Å². The van der Waals surface area contributed by atoms with Crippen LogP contribution in [-0.2, 0) is 9.59 Å². The van der Waals surface area contributed by atoms with Crippen molar-refractivity contribution >= 4 is 80.1 Å². The number of thioether (sulfide) groups is 1. The van der Waals surface area contributed by atoms with Crippen molar-refractivity contribution in [3.05, 3.63) is 149 Å². The highest BCUT2D eigenvalue weighted by molar-refractivity contribution is 8.00. The summed E-state index contributed by atoms with van der Waals surface area (Å²) in [4.78, 5) is 45.6. The third-order valence-corrected chi connectivity index (χ3v) is 9.93. The molecule has 0 aliphatic heterocycles. The lowest BCUT2D eigenvalue weighted by molar-refractivity contribution is -0.116. The number of rotatable bonds is 11. The average molecular weight is 703 g/mol. The van der Waals surface area contributed by atoms with E-state index in [0.717, 1.165) is 32.5 Å². The van der Waals surface area contributed by atoms with Gasteiger partial charge in [0.25, 0.3) is 11.8 Å². The van der Waals surface area contributed by atoms with Crippen molar-refractivity contribution in [1.82, 2.24) is 10.3 Å². The second kappa shape index (κ2) is 15.8. The molecule has 1 atom stereocenters. The second-order valence-electron chi connectivity index (χ2n) is 11.0. The summed E-state index contributed by atoms with van der Waals surface area (Å²) in [6.45, 7) is 1.95. The number of aromatic nitrogens is 1. The van der Waals surface area contributed by atoms with Crippen LogP contribution in [0.1, 0.15) is 29.3 Å². The monoisotopic (exact) mass is 702 g/mol. The van der Waals surface area contributed by atoms with Crippen LogP contribution in [-0.4, -0.2) is 28.0 Å². The molecule has 6 aromatic rings. The van der Waals surface area contributed by atoms with E-state index in [-0.39, 0.29) is 11.6 Å². The molecule has 0 spiro atoms. The zero-order valence-electron chi connectivity index (χ0n) is 26.4. The molecule has 0 bridgehead atoms. The molecule has 49 heavy (non-hydrogen) atoms. The van der Waals surface area contributed by atoms with Gasteiger partial charge in [0.05, 0.1) is 10.9 Å². The number of fused-ring (bicyclic) bond motifs is 1. The van der Waals surface area contributed by atoms with Gasteiger partial charge in [0.1, 0.15) is 5.70 Å². The fraction of sp³-hybridized carbons (Fsp3) is 0.0769. The molecule has 0 saturated carbocycles. The molecule has 0 radical (unpaired) electrons. The van der Waals surface area contributed by atoms with E-state index in [0.29, 0.717) is 27.8 Å². The smallest absolute Gasteiger partial charge is 0.272 e. The number of anilines is 2. The van der Waals surface area contributed by atoms with Crippen LogP contribution in [0.4, 0.5) is 10.8 Å². The van der Waals surface area contributed by atoms with Crippen molar-refractivity contribution in [2.24, 2.45) is 0 Å². The lowest BCUT2D eigenvalue weighted by Gasteiger charge is -2.15. The lowest BCUT2D eigenvalue weighted by Crippen LogP contribution is -2.30. The Balaban J connectivity index is 1.18. The number of benzene rings is 5. The average Bonchev–Trinajstić information content (AvgIpc) is 3.59. The highest BCUT2D eigenvalue weighted by Crippen LogP contribution is 2.31. The molecular formula is C39H31ClN4O3S2. The van der Waals surface area contributed by atoms with E-state index in [1.54, 1.807) is 48.5 Å². The van der Waals surface area contributed by atoms with Crippen molar-refractivity contribution in [3.63, 3.8) is 0 Å². The van der Waals surface area contributed by atoms with E-state index >= 15 is 0 Å². The summed E-state index contributed by atoms with van der Waals surface area (Å²) >= 11 is 8.77. The summed E-state index contributed by atoms with van der Waals surface area (Å²) in [6, 6.07) is 37.1. The number of hydrogen-bond donors (Lipinski definition) is 3. The van der Waals surface area contributed by atoms with E-state index in [2.05, 4.69) is 20.9 Å². The van der Waals surface area contributed by atoms with Crippen LogP contribution in [0.15, 0.2) is 137 Å². The van der Waals surface area contributed by atoms with Gasteiger partial charge in [-0.15, -0.1) is 23.1 Å². The molecule has 10 heteroatoms. The molecule has 1 unspecified atom stereocenters. The first kappa shape index (κ1) is 33.7. The normalized spacial score (nSPS) is 11.9. The van der Waals surface area contributed by atoms with E-state index in [4.69, 9.17) is 11.6 Å². The van der Waals surface area contributed by atoms with E-state index < -0.39 is 17.1 Å². The largest absolute Gasteiger partial charge is 0.321 e. The Morgan fingerprint density at radius 2 is 1.59 bits per heavy atom. The number of nitrogens with zero attached hydrogens (tertiary/aromatic N) is 1. The summed E-state index contributed by atoms with van der Waals surface area (Å²) in [7, 11) is 0. The first-order chi connectivity index (χ1) is 23.9. The number of amides is 3. The minimum Gasteiger partial charge on any atom is -0.321 e. The maximum atomic E-state index is 13.8. The lowest BCUT2D eigenvalue weighted by atomic mass is 10.0. The summed E-state index contributed by atoms with van der Waals surface area (Å²) in [5.41, 5.74) is 3.51. The van der Waals surface area contributed by atoms with Gasteiger partial charge < -0.3 is 16.0 Å². The van der Waals surface area contributed by atoms with Gasteiger partial charge in [-0.1, -0.05) is 97.4 Å². The third kappa shape index (κ3) is 8.63. The maximum Gasteiger partial charge on any atom is 0.272 e. The van der Waals surface area contributed by atoms with E-state index in [1.807, 2.05) is 91.2 Å². The standard InChI is InChI=1S/C39H31ClN4O3S2/c1-2-35(38(47)44-39-43-34(24-48-39)26-18-20-29(40)21-19-26)49-31-16-9-15-30(23-31)41-37(46)33(42-36(45)27-11-4-3-5-12-27)22-28-14-8-13-25-10-6-7-17-32(25)28/h3-24,35H,2H2,1H3,(H,41,46)(H,42,45)(H,43,44,47)/b33-22+. The minimum atomic E-state index is -0.482. The first-order valence-electron chi connectivity index (χ1n) is 15.5. The highest BCUT2D eigenvalue weighted by Gasteiger charge is 2.21. The van der Waals surface area contributed by atoms with Crippen LogP contribution in [0, 0.1) is 0 Å². The number of halogens is 1. The van der Waals surface area contributed by atoms with Crippen molar-refractivity contribution in [2.75, 3.05) is 10.6 Å². The van der Waals surface area contributed by atoms with Crippen LogP contribution in [0.3, 0.4) is 0 Å². The first-order valence-corrected chi connectivity index (χ1v) is 17.7. The van der Waals surface area contributed by atoms with Crippen molar-refractivity contribution < 1.29 is 14.4 Å². The number of carbonyl (C=O) groups is 3. The van der Waals surface area contributed by atoms with Gasteiger partial charge in [0, 0.05) is 32.1 Å². The van der Waals surface area contributed by atoms with E-state index in [1.165, 1.54) is 23.1 Å². The van der Waals surface area contributed by atoms with Gasteiger partial charge in [-0.3, -0.25) is 14.4 Å². The summed E-state index contributed by atoms with van der Waals surface area (Å²) in [6.07, 6.45) is 2.26. The van der Waals surface area contributed by atoms with Gasteiger partial charge >= 0.3 is 0 Å². The fourth-order valence-corrected chi connectivity index (χ4v) is 6.94. The Morgan fingerprint density at radius 3 is 2.39 bits per heavy atom. The maximum absolute atomic E-state index is 13.8. The molecule has 7 nitrogen and oxygen atoms in total. The molecule has 1 aromatic heterocycles. The molecule has 0 aliphatic carbocycles. The van der Waals surface area contributed by atoms with Crippen molar-refractivity contribution in [1.29, 1.82) is 0 Å². The fourth-order valence-electron chi connectivity index (χ4n) is 5.08. The molecular weight excluding hydrogens is 672 g/mol. The number of thiazole rings is 1. The van der Waals surface area contributed by atoms with Gasteiger partial charge in [0.15, 0.2) is 5.13 Å². The van der Waals surface area contributed by atoms with Crippen LogP contribution in [0.25, 0.3) is 28.1 Å². The number of hydrogen-bond acceptors (Lipinski definition) is 6. The van der Waals surface area contributed by atoms with Gasteiger partial charge in [0.2, 0.25) is 5.91 Å². The summed E-state index contributed by atoms with van der Waals surface area (Å²) in [5, 5.41) is 13.3. The number of carbonyl (C=O) groups excluding carboxylic acids is 3. The second-order valence-corrected chi connectivity index (χ2v) is 13.5.